The Morgan fingerprint density at radius 2 is 2.00 bits per heavy atom. The minimum atomic E-state index is -4.08. The van der Waals surface area contributed by atoms with Gasteiger partial charge in [0.1, 0.15) is 5.78 Å². The highest BCUT2D eigenvalue weighted by molar-refractivity contribution is 5.81. The van der Waals surface area contributed by atoms with Crippen LogP contribution < -0.4 is 0 Å². The van der Waals surface area contributed by atoms with Crippen LogP contribution in [0.25, 0.3) is 0 Å². The van der Waals surface area contributed by atoms with E-state index in [1.54, 1.807) is 6.08 Å². The highest BCUT2D eigenvalue weighted by Crippen LogP contribution is 2.27. The molecule has 0 atom stereocenters. The van der Waals surface area contributed by atoms with Crippen LogP contribution in [0.15, 0.2) is 11.6 Å². The number of alkyl halides is 3. The lowest BCUT2D eigenvalue weighted by Crippen LogP contribution is -2.09. The molecule has 1 rings (SSSR count). The molecule has 0 fully saturated rings. The van der Waals surface area contributed by atoms with Gasteiger partial charge in [0.25, 0.3) is 0 Å². The van der Waals surface area contributed by atoms with Crippen molar-refractivity contribution in [2.75, 3.05) is 0 Å². The van der Waals surface area contributed by atoms with Crippen LogP contribution in [0, 0.1) is 0 Å². The normalized spacial score (nSPS) is 18.7. The molecule has 1 aliphatic rings. The molecule has 0 heterocycles. The van der Waals surface area contributed by atoms with E-state index in [0.29, 0.717) is 19.3 Å². The molecule has 0 unspecified atom stereocenters. The van der Waals surface area contributed by atoms with Crippen molar-refractivity contribution in [3.63, 3.8) is 0 Å². The standard InChI is InChI=1S/C9H11F3O/c10-9(11,12)6-5-7-1-3-8(13)4-2-7/h1H,2-6H2. The molecule has 0 saturated heterocycles. The molecule has 0 aromatic rings. The van der Waals surface area contributed by atoms with Gasteiger partial charge in [0.2, 0.25) is 0 Å². The molecular weight excluding hydrogens is 181 g/mol. The van der Waals surface area contributed by atoms with Gasteiger partial charge in [-0.25, -0.2) is 0 Å². The Kier molecular flexibility index (Phi) is 3.12. The fourth-order valence-electron chi connectivity index (χ4n) is 1.29. The number of rotatable bonds is 2. The lowest BCUT2D eigenvalue weighted by molar-refractivity contribution is -0.134. The van der Waals surface area contributed by atoms with Crippen LogP contribution in [-0.2, 0) is 4.79 Å². The largest absolute Gasteiger partial charge is 0.389 e. The second-order valence-corrected chi connectivity index (χ2v) is 3.22. The van der Waals surface area contributed by atoms with Crippen LogP contribution in [-0.4, -0.2) is 12.0 Å². The van der Waals surface area contributed by atoms with Crippen LogP contribution in [0.4, 0.5) is 13.2 Å². The van der Waals surface area contributed by atoms with Crippen molar-refractivity contribution < 1.29 is 18.0 Å². The molecule has 0 aliphatic heterocycles. The topological polar surface area (TPSA) is 17.1 Å². The Bertz CT molecular complexity index is 228. The van der Waals surface area contributed by atoms with Gasteiger partial charge in [-0.15, -0.1) is 0 Å². The van der Waals surface area contributed by atoms with E-state index in [4.69, 9.17) is 0 Å². The lowest BCUT2D eigenvalue weighted by Gasteiger charge is -2.12. The summed E-state index contributed by atoms with van der Waals surface area (Å²) in [6.07, 6.45) is -1.94. The van der Waals surface area contributed by atoms with E-state index in [1.807, 2.05) is 0 Å². The van der Waals surface area contributed by atoms with Gasteiger partial charge >= 0.3 is 6.18 Å². The Balaban J connectivity index is 2.34. The summed E-state index contributed by atoms with van der Waals surface area (Å²) in [5.41, 5.74) is 0.775. The first-order valence-corrected chi connectivity index (χ1v) is 4.24. The molecule has 0 aromatic carbocycles. The summed E-state index contributed by atoms with van der Waals surface area (Å²) in [6, 6.07) is 0. The van der Waals surface area contributed by atoms with Crippen molar-refractivity contribution >= 4 is 5.78 Å². The molecule has 0 N–H and O–H groups in total. The van der Waals surface area contributed by atoms with Crippen molar-refractivity contribution in [1.82, 2.24) is 0 Å². The molecule has 13 heavy (non-hydrogen) atoms. The van der Waals surface area contributed by atoms with Gasteiger partial charge in [-0.3, -0.25) is 4.79 Å². The highest BCUT2D eigenvalue weighted by Gasteiger charge is 2.27. The molecule has 0 bridgehead atoms. The van der Waals surface area contributed by atoms with Gasteiger partial charge in [-0.05, 0) is 12.8 Å². The van der Waals surface area contributed by atoms with Crippen molar-refractivity contribution in [1.29, 1.82) is 0 Å². The van der Waals surface area contributed by atoms with Crippen LogP contribution >= 0.6 is 0 Å². The minimum Gasteiger partial charge on any atom is -0.299 e. The lowest BCUT2D eigenvalue weighted by atomic mass is 9.95. The third kappa shape index (κ3) is 4.10. The van der Waals surface area contributed by atoms with E-state index in [-0.39, 0.29) is 12.2 Å². The number of allylic oxidation sites excluding steroid dienone is 2. The summed E-state index contributed by atoms with van der Waals surface area (Å²) in [4.78, 5) is 10.7. The van der Waals surface area contributed by atoms with Gasteiger partial charge in [0, 0.05) is 19.3 Å². The molecular formula is C9H11F3O. The van der Waals surface area contributed by atoms with Crippen LogP contribution in [0.1, 0.15) is 32.1 Å². The van der Waals surface area contributed by atoms with E-state index in [2.05, 4.69) is 0 Å². The number of halogens is 3. The zero-order chi connectivity index (χ0) is 9.90. The number of hydrogen-bond donors (Lipinski definition) is 0. The molecule has 0 radical (unpaired) electrons. The average molecular weight is 192 g/mol. The Labute approximate surface area is 74.6 Å². The summed E-state index contributed by atoms with van der Waals surface area (Å²) in [5, 5.41) is 0. The average Bonchev–Trinajstić information content (AvgIpc) is 2.02. The van der Waals surface area contributed by atoms with Crippen LogP contribution in [0.2, 0.25) is 0 Å². The Morgan fingerprint density at radius 3 is 2.46 bits per heavy atom. The smallest absolute Gasteiger partial charge is 0.299 e. The van der Waals surface area contributed by atoms with Gasteiger partial charge in [-0.1, -0.05) is 11.6 Å². The molecule has 0 amide bonds. The molecule has 0 spiro atoms. The molecule has 4 heteroatoms. The summed E-state index contributed by atoms with van der Waals surface area (Å²) in [5.74, 6) is 0.121. The number of carbonyl (C=O) groups is 1. The Hall–Kier alpha value is -0.800. The fourth-order valence-corrected chi connectivity index (χ4v) is 1.29. The van der Waals surface area contributed by atoms with Crippen molar-refractivity contribution in [2.45, 2.75) is 38.3 Å². The SMILES string of the molecule is O=C1CC=C(CCC(F)(F)F)CC1. The van der Waals surface area contributed by atoms with E-state index >= 15 is 0 Å². The summed E-state index contributed by atoms with van der Waals surface area (Å²) < 4.78 is 35.4. The number of Topliss-reactive ketones (excluding diaryl/α,β-unsaturated/α-hetero) is 1. The zero-order valence-electron chi connectivity index (χ0n) is 7.16. The van der Waals surface area contributed by atoms with E-state index in [1.165, 1.54) is 0 Å². The minimum absolute atomic E-state index is 0.0524. The third-order valence-corrected chi connectivity index (χ3v) is 2.07. The molecule has 0 aromatic heterocycles. The maximum atomic E-state index is 11.8. The van der Waals surface area contributed by atoms with Gasteiger partial charge in [-0.2, -0.15) is 13.2 Å². The van der Waals surface area contributed by atoms with E-state index in [0.717, 1.165) is 5.57 Å². The van der Waals surface area contributed by atoms with E-state index in [9.17, 15) is 18.0 Å². The van der Waals surface area contributed by atoms with Gasteiger partial charge in [0.15, 0.2) is 0 Å². The number of hydrogen-bond acceptors (Lipinski definition) is 1. The highest BCUT2D eigenvalue weighted by atomic mass is 19.4. The maximum absolute atomic E-state index is 11.8. The van der Waals surface area contributed by atoms with Crippen molar-refractivity contribution in [3.8, 4) is 0 Å². The first-order valence-electron chi connectivity index (χ1n) is 4.24. The molecule has 74 valence electrons. The third-order valence-electron chi connectivity index (χ3n) is 2.07. The quantitative estimate of drug-likeness (QED) is 0.614. The van der Waals surface area contributed by atoms with Crippen molar-refractivity contribution in [2.24, 2.45) is 0 Å². The zero-order valence-corrected chi connectivity index (χ0v) is 7.16. The summed E-state index contributed by atoms with van der Waals surface area (Å²) in [7, 11) is 0. The van der Waals surface area contributed by atoms with E-state index < -0.39 is 12.6 Å². The van der Waals surface area contributed by atoms with Crippen molar-refractivity contribution in [3.05, 3.63) is 11.6 Å². The van der Waals surface area contributed by atoms with Crippen LogP contribution in [0.3, 0.4) is 0 Å². The molecule has 1 aliphatic carbocycles. The fraction of sp³-hybridized carbons (Fsp3) is 0.667. The van der Waals surface area contributed by atoms with Gasteiger partial charge < -0.3 is 0 Å². The number of ketones is 1. The summed E-state index contributed by atoms with van der Waals surface area (Å²) >= 11 is 0. The van der Waals surface area contributed by atoms with Crippen LogP contribution in [0.5, 0.6) is 0 Å². The second-order valence-electron chi connectivity index (χ2n) is 3.22. The maximum Gasteiger partial charge on any atom is 0.389 e. The predicted molar refractivity (Wildman–Crippen MR) is 42.2 cm³/mol. The second kappa shape index (κ2) is 3.94. The first-order chi connectivity index (χ1) is 5.97. The predicted octanol–water partition coefficient (Wildman–Crippen LogP) is 3.01. The monoisotopic (exact) mass is 192 g/mol. The Morgan fingerprint density at radius 1 is 1.31 bits per heavy atom. The summed E-state index contributed by atoms with van der Waals surface area (Å²) in [6.45, 7) is 0. The molecule has 1 nitrogen and oxygen atoms in total. The van der Waals surface area contributed by atoms with Gasteiger partial charge in [0.05, 0.1) is 0 Å². The number of carbonyl (C=O) groups excluding carboxylic acids is 1. The molecule has 0 saturated carbocycles. The first kappa shape index (κ1) is 10.3.